The summed E-state index contributed by atoms with van der Waals surface area (Å²) in [5.74, 6) is -0.555. The summed E-state index contributed by atoms with van der Waals surface area (Å²) in [4.78, 5) is 26.8. The van der Waals surface area contributed by atoms with Gasteiger partial charge in [-0.2, -0.15) is 0 Å². The molecule has 0 atom stereocenters. The number of hydrogen-bond acceptors (Lipinski definition) is 3. The predicted molar refractivity (Wildman–Crippen MR) is 72.6 cm³/mol. The summed E-state index contributed by atoms with van der Waals surface area (Å²) in [6, 6.07) is 2.05. The number of carboxylic acids is 1. The minimum atomic E-state index is -0.774. The summed E-state index contributed by atoms with van der Waals surface area (Å²) in [7, 11) is 0. The summed E-state index contributed by atoms with van der Waals surface area (Å²) in [5, 5.41) is 8.70. The largest absolute Gasteiger partial charge is 0.481 e. The molecule has 2 aliphatic rings. The fourth-order valence-electron chi connectivity index (χ4n) is 2.86. The molecule has 5 heteroatoms. The van der Waals surface area contributed by atoms with Gasteiger partial charge in [-0.05, 0) is 37.3 Å². The Morgan fingerprint density at radius 2 is 2.05 bits per heavy atom. The van der Waals surface area contributed by atoms with E-state index in [0.717, 1.165) is 17.7 Å². The highest BCUT2D eigenvalue weighted by atomic mass is 32.1. The Kier molecular flexibility index (Phi) is 3.31. The molecule has 1 amide bonds. The van der Waals surface area contributed by atoms with Crippen molar-refractivity contribution in [2.45, 2.75) is 32.1 Å². The number of nitrogens with zero attached hydrogens (tertiary/aromatic N) is 1. The molecule has 1 N–H and O–H groups in total. The quantitative estimate of drug-likeness (QED) is 0.922. The predicted octanol–water partition coefficient (Wildman–Crippen LogP) is 2.17. The lowest BCUT2D eigenvalue weighted by Gasteiger charge is -2.38. The van der Waals surface area contributed by atoms with Crippen LogP contribution in [0.2, 0.25) is 0 Å². The topological polar surface area (TPSA) is 57.6 Å². The number of rotatable bonds is 3. The third-order valence-corrected chi connectivity index (χ3v) is 5.14. The first kappa shape index (κ1) is 12.7. The minimum Gasteiger partial charge on any atom is -0.481 e. The van der Waals surface area contributed by atoms with Gasteiger partial charge < -0.3 is 10.0 Å². The maximum absolute atomic E-state index is 12.3. The Hall–Kier alpha value is -1.36. The molecule has 1 aliphatic carbocycles. The molecular weight excluding hydrogens is 262 g/mol. The zero-order valence-corrected chi connectivity index (χ0v) is 11.5. The first-order valence-electron chi connectivity index (χ1n) is 6.76. The van der Waals surface area contributed by atoms with Crippen LogP contribution in [-0.2, 0) is 17.6 Å². The smallest absolute Gasteiger partial charge is 0.303 e. The van der Waals surface area contributed by atoms with Crippen LogP contribution in [-0.4, -0.2) is 35.0 Å². The third-order valence-electron chi connectivity index (χ3n) is 3.92. The second kappa shape index (κ2) is 4.96. The summed E-state index contributed by atoms with van der Waals surface area (Å²) in [6.07, 6.45) is 4.83. The molecule has 4 nitrogen and oxygen atoms in total. The highest BCUT2D eigenvalue weighted by molar-refractivity contribution is 7.14. The molecule has 0 aromatic carbocycles. The van der Waals surface area contributed by atoms with Gasteiger partial charge in [0.25, 0.3) is 5.91 Å². The molecule has 1 aromatic rings. The van der Waals surface area contributed by atoms with Crippen molar-refractivity contribution in [1.82, 2.24) is 4.90 Å². The van der Waals surface area contributed by atoms with Crippen LogP contribution in [0.3, 0.4) is 0 Å². The van der Waals surface area contributed by atoms with Crippen LogP contribution in [0.15, 0.2) is 6.07 Å². The molecule has 1 aliphatic heterocycles. The second-order valence-corrected chi connectivity index (χ2v) is 6.58. The second-order valence-electron chi connectivity index (χ2n) is 5.44. The van der Waals surface area contributed by atoms with Crippen LogP contribution in [0.25, 0.3) is 0 Å². The SMILES string of the molecule is O=C(O)CC1CN(C(=O)c2cc3c(s2)CCCC3)C1. The summed E-state index contributed by atoms with van der Waals surface area (Å²) < 4.78 is 0. The van der Waals surface area contributed by atoms with E-state index in [1.165, 1.54) is 23.3 Å². The van der Waals surface area contributed by atoms with Gasteiger partial charge in [0.1, 0.15) is 0 Å². The average Bonchev–Trinajstić information content (AvgIpc) is 2.75. The lowest BCUT2D eigenvalue weighted by Crippen LogP contribution is -2.50. The number of aryl methyl sites for hydroxylation is 2. The van der Waals surface area contributed by atoms with Gasteiger partial charge >= 0.3 is 5.97 Å². The number of carboxylic acid groups (broad SMARTS) is 1. The Bertz CT molecular complexity index is 493. The number of carbonyl (C=O) groups is 2. The molecule has 0 saturated carbocycles. The lowest BCUT2D eigenvalue weighted by atomic mass is 9.96. The average molecular weight is 279 g/mol. The van der Waals surface area contributed by atoms with E-state index in [4.69, 9.17) is 5.11 Å². The van der Waals surface area contributed by atoms with Crippen molar-refractivity contribution in [3.05, 3.63) is 21.4 Å². The molecule has 3 rings (SSSR count). The number of aliphatic carboxylic acids is 1. The number of amides is 1. The third kappa shape index (κ3) is 2.52. The van der Waals surface area contributed by atoms with Gasteiger partial charge in [0.2, 0.25) is 0 Å². The van der Waals surface area contributed by atoms with E-state index in [1.54, 1.807) is 16.2 Å². The van der Waals surface area contributed by atoms with E-state index in [0.29, 0.717) is 13.1 Å². The molecule has 2 heterocycles. The Morgan fingerprint density at radius 3 is 2.74 bits per heavy atom. The first-order valence-corrected chi connectivity index (χ1v) is 7.58. The Balaban J connectivity index is 1.62. The van der Waals surface area contributed by atoms with Gasteiger partial charge in [0.15, 0.2) is 0 Å². The van der Waals surface area contributed by atoms with E-state index in [-0.39, 0.29) is 18.2 Å². The Labute approximate surface area is 116 Å². The van der Waals surface area contributed by atoms with Crippen LogP contribution < -0.4 is 0 Å². The van der Waals surface area contributed by atoms with Crippen molar-refractivity contribution < 1.29 is 14.7 Å². The van der Waals surface area contributed by atoms with Crippen LogP contribution in [0, 0.1) is 5.92 Å². The van der Waals surface area contributed by atoms with E-state index >= 15 is 0 Å². The van der Waals surface area contributed by atoms with Crippen LogP contribution in [0.4, 0.5) is 0 Å². The lowest BCUT2D eigenvalue weighted by molar-refractivity contribution is -0.139. The minimum absolute atomic E-state index is 0.0843. The van der Waals surface area contributed by atoms with Gasteiger partial charge in [-0.3, -0.25) is 9.59 Å². The Morgan fingerprint density at radius 1 is 1.32 bits per heavy atom. The number of likely N-dealkylation sites (tertiary alicyclic amines) is 1. The van der Waals surface area contributed by atoms with Crippen molar-refractivity contribution >= 4 is 23.2 Å². The maximum Gasteiger partial charge on any atom is 0.303 e. The number of thiophene rings is 1. The highest BCUT2D eigenvalue weighted by Crippen LogP contribution is 2.31. The highest BCUT2D eigenvalue weighted by Gasteiger charge is 2.33. The molecule has 0 radical (unpaired) electrons. The van der Waals surface area contributed by atoms with Gasteiger partial charge in [0, 0.05) is 23.9 Å². The number of carbonyl (C=O) groups excluding carboxylic acids is 1. The van der Waals surface area contributed by atoms with Gasteiger partial charge in [0.05, 0.1) is 11.3 Å². The van der Waals surface area contributed by atoms with Crippen molar-refractivity contribution in [3.8, 4) is 0 Å². The van der Waals surface area contributed by atoms with E-state index in [9.17, 15) is 9.59 Å². The van der Waals surface area contributed by atoms with Crippen LogP contribution in [0.5, 0.6) is 0 Å². The molecule has 0 unspecified atom stereocenters. The molecule has 1 fully saturated rings. The molecule has 19 heavy (non-hydrogen) atoms. The monoisotopic (exact) mass is 279 g/mol. The zero-order valence-electron chi connectivity index (χ0n) is 10.7. The van der Waals surface area contributed by atoms with Crippen LogP contribution in [0.1, 0.15) is 39.4 Å². The van der Waals surface area contributed by atoms with Crippen molar-refractivity contribution in [2.24, 2.45) is 5.92 Å². The summed E-state index contributed by atoms with van der Waals surface area (Å²) in [6.45, 7) is 1.18. The van der Waals surface area contributed by atoms with Crippen molar-refractivity contribution in [2.75, 3.05) is 13.1 Å². The van der Waals surface area contributed by atoms with Crippen molar-refractivity contribution in [1.29, 1.82) is 0 Å². The van der Waals surface area contributed by atoms with Gasteiger partial charge in [-0.25, -0.2) is 0 Å². The van der Waals surface area contributed by atoms with E-state index < -0.39 is 5.97 Å². The van der Waals surface area contributed by atoms with Crippen molar-refractivity contribution in [3.63, 3.8) is 0 Å². The van der Waals surface area contributed by atoms with E-state index in [2.05, 4.69) is 0 Å². The molecule has 0 spiro atoms. The molecule has 0 bridgehead atoms. The summed E-state index contributed by atoms with van der Waals surface area (Å²) >= 11 is 1.63. The fraction of sp³-hybridized carbons (Fsp3) is 0.571. The van der Waals surface area contributed by atoms with Gasteiger partial charge in [-0.1, -0.05) is 0 Å². The first-order chi connectivity index (χ1) is 9.13. The van der Waals surface area contributed by atoms with Gasteiger partial charge in [-0.15, -0.1) is 11.3 Å². The molecule has 102 valence electrons. The normalized spacial score (nSPS) is 18.8. The molecule has 1 aromatic heterocycles. The van der Waals surface area contributed by atoms with Crippen LogP contribution >= 0.6 is 11.3 Å². The number of fused-ring (bicyclic) bond motifs is 1. The maximum atomic E-state index is 12.3. The molecular formula is C14H17NO3S. The zero-order chi connectivity index (χ0) is 13.4. The fourth-order valence-corrected chi connectivity index (χ4v) is 4.09. The summed E-state index contributed by atoms with van der Waals surface area (Å²) in [5.41, 5.74) is 1.35. The number of hydrogen-bond donors (Lipinski definition) is 1. The van der Waals surface area contributed by atoms with E-state index in [1.807, 2.05) is 6.07 Å². The standard InChI is InChI=1S/C14H17NO3S/c16-13(17)5-9-7-15(8-9)14(18)12-6-10-3-1-2-4-11(10)19-12/h6,9H,1-5,7-8H2,(H,16,17). The molecule has 1 saturated heterocycles.